The minimum absolute atomic E-state index is 0.306. The Labute approximate surface area is 132 Å². The molecular formula is C18H14O3S. The van der Waals surface area contributed by atoms with Crippen LogP contribution in [0, 0.1) is 0 Å². The van der Waals surface area contributed by atoms with Crippen LogP contribution in [0.3, 0.4) is 0 Å². The smallest absolute Gasteiger partial charge is 0.337 e. The van der Waals surface area contributed by atoms with E-state index in [0.717, 1.165) is 16.0 Å². The molecule has 110 valence electrons. The van der Waals surface area contributed by atoms with E-state index in [1.54, 1.807) is 11.4 Å². The summed E-state index contributed by atoms with van der Waals surface area (Å²) >= 11 is 1.41. The van der Waals surface area contributed by atoms with E-state index in [2.05, 4.69) is 0 Å². The average molecular weight is 310 g/mol. The van der Waals surface area contributed by atoms with E-state index in [9.17, 15) is 9.90 Å². The number of aromatic carboxylic acids is 1. The molecule has 0 atom stereocenters. The lowest BCUT2D eigenvalue weighted by Gasteiger charge is -2.11. The van der Waals surface area contributed by atoms with E-state index in [-0.39, 0.29) is 0 Å². The second-order valence-corrected chi connectivity index (χ2v) is 5.66. The molecule has 0 aliphatic rings. The summed E-state index contributed by atoms with van der Waals surface area (Å²) in [6.07, 6.45) is 0. The summed E-state index contributed by atoms with van der Waals surface area (Å²) in [4.78, 5) is 12.0. The fourth-order valence-corrected chi connectivity index (χ4v) is 3.12. The van der Waals surface area contributed by atoms with Crippen molar-refractivity contribution >= 4 is 17.3 Å². The van der Waals surface area contributed by atoms with E-state index in [1.807, 2.05) is 54.6 Å². The highest BCUT2D eigenvalue weighted by molar-refractivity contribution is 7.14. The topological polar surface area (TPSA) is 46.5 Å². The molecule has 1 aromatic heterocycles. The zero-order valence-corrected chi connectivity index (χ0v) is 12.5. The molecule has 0 aliphatic heterocycles. The highest BCUT2D eigenvalue weighted by Gasteiger charge is 2.16. The summed E-state index contributed by atoms with van der Waals surface area (Å²) < 4.78 is 5.90. The van der Waals surface area contributed by atoms with Gasteiger partial charge in [0, 0.05) is 5.56 Å². The number of para-hydroxylation sites is 1. The molecule has 0 saturated carbocycles. The van der Waals surface area contributed by atoms with Gasteiger partial charge in [0.15, 0.2) is 0 Å². The first-order chi connectivity index (χ1) is 10.8. The molecule has 2 aromatic carbocycles. The first-order valence-electron chi connectivity index (χ1n) is 6.82. The monoisotopic (exact) mass is 310 g/mol. The maximum atomic E-state index is 11.3. The summed E-state index contributed by atoms with van der Waals surface area (Å²) in [5, 5.41) is 11.1. The van der Waals surface area contributed by atoms with E-state index >= 15 is 0 Å². The molecule has 4 heteroatoms. The van der Waals surface area contributed by atoms with Gasteiger partial charge < -0.3 is 9.84 Å². The third kappa shape index (κ3) is 3.02. The first kappa shape index (κ1) is 14.4. The summed E-state index contributed by atoms with van der Waals surface area (Å²) in [6, 6.07) is 19.0. The van der Waals surface area contributed by atoms with Gasteiger partial charge in [-0.15, -0.1) is 11.3 Å². The van der Waals surface area contributed by atoms with Crippen LogP contribution in [0.25, 0.3) is 10.4 Å². The van der Waals surface area contributed by atoms with Crippen LogP contribution < -0.4 is 4.74 Å². The predicted molar refractivity (Wildman–Crippen MR) is 87.5 cm³/mol. The van der Waals surface area contributed by atoms with Crippen LogP contribution in [0.1, 0.15) is 15.9 Å². The van der Waals surface area contributed by atoms with Crippen LogP contribution in [-0.4, -0.2) is 11.1 Å². The van der Waals surface area contributed by atoms with Gasteiger partial charge in [-0.1, -0.05) is 42.5 Å². The van der Waals surface area contributed by atoms with Gasteiger partial charge in [0.25, 0.3) is 0 Å². The molecule has 0 radical (unpaired) electrons. The standard InChI is InChI=1S/C18H14O3S/c19-18(20)15-10-11-22-17(15)14-8-4-5-9-16(14)21-12-13-6-2-1-3-7-13/h1-11H,12H2,(H,19,20). The van der Waals surface area contributed by atoms with E-state index in [4.69, 9.17) is 4.74 Å². The Balaban J connectivity index is 1.90. The van der Waals surface area contributed by atoms with Crippen molar-refractivity contribution in [1.29, 1.82) is 0 Å². The van der Waals surface area contributed by atoms with Crippen molar-refractivity contribution in [2.75, 3.05) is 0 Å². The number of ether oxygens (including phenoxy) is 1. The Morgan fingerprint density at radius 1 is 1.00 bits per heavy atom. The molecular weight excluding hydrogens is 296 g/mol. The Morgan fingerprint density at radius 3 is 2.50 bits per heavy atom. The molecule has 0 bridgehead atoms. The van der Waals surface area contributed by atoms with Crippen molar-refractivity contribution in [2.45, 2.75) is 6.61 Å². The zero-order valence-electron chi connectivity index (χ0n) is 11.7. The summed E-state index contributed by atoms with van der Waals surface area (Å²) in [5.74, 6) is -0.231. The molecule has 0 spiro atoms. The van der Waals surface area contributed by atoms with Crippen LogP contribution in [0.4, 0.5) is 0 Å². The van der Waals surface area contributed by atoms with Crippen LogP contribution in [0.5, 0.6) is 5.75 Å². The number of thiophene rings is 1. The Morgan fingerprint density at radius 2 is 1.73 bits per heavy atom. The third-order valence-corrected chi connectivity index (χ3v) is 4.21. The second kappa shape index (κ2) is 6.45. The van der Waals surface area contributed by atoms with Gasteiger partial charge in [-0.05, 0) is 29.1 Å². The largest absolute Gasteiger partial charge is 0.488 e. The number of hydrogen-bond acceptors (Lipinski definition) is 3. The highest BCUT2D eigenvalue weighted by atomic mass is 32.1. The minimum atomic E-state index is -0.922. The van der Waals surface area contributed by atoms with E-state index in [1.165, 1.54) is 11.3 Å². The number of carboxylic acids is 1. The van der Waals surface area contributed by atoms with Crippen LogP contribution >= 0.6 is 11.3 Å². The normalized spacial score (nSPS) is 10.4. The maximum Gasteiger partial charge on any atom is 0.337 e. The van der Waals surface area contributed by atoms with Crippen molar-refractivity contribution in [3.8, 4) is 16.2 Å². The molecule has 1 heterocycles. The molecule has 3 rings (SSSR count). The Kier molecular flexibility index (Phi) is 4.21. The molecule has 1 N–H and O–H groups in total. The zero-order chi connectivity index (χ0) is 15.4. The summed E-state index contributed by atoms with van der Waals surface area (Å²) in [7, 11) is 0. The van der Waals surface area contributed by atoms with Crippen LogP contribution in [0.2, 0.25) is 0 Å². The van der Waals surface area contributed by atoms with Gasteiger partial charge in [0.1, 0.15) is 12.4 Å². The molecule has 0 unspecified atom stereocenters. The van der Waals surface area contributed by atoms with Crippen molar-refractivity contribution < 1.29 is 14.6 Å². The molecule has 0 saturated heterocycles. The van der Waals surface area contributed by atoms with Gasteiger partial charge in [-0.2, -0.15) is 0 Å². The van der Waals surface area contributed by atoms with Crippen molar-refractivity contribution in [1.82, 2.24) is 0 Å². The maximum absolute atomic E-state index is 11.3. The van der Waals surface area contributed by atoms with Crippen molar-refractivity contribution in [2.24, 2.45) is 0 Å². The van der Waals surface area contributed by atoms with Gasteiger partial charge in [-0.25, -0.2) is 4.79 Å². The highest BCUT2D eigenvalue weighted by Crippen LogP contribution is 2.36. The Bertz CT molecular complexity index is 778. The number of benzene rings is 2. The van der Waals surface area contributed by atoms with Gasteiger partial charge >= 0.3 is 5.97 Å². The third-order valence-electron chi connectivity index (χ3n) is 3.26. The van der Waals surface area contributed by atoms with Gasteiger partial charge in [0.2, 0.25) is 0 Å². The molecule has 0 amide bonds. The summed E-state index contributed by atoms with van der Waals surface area (Å²) in [5.41, 5.74) is 2.19. The lowest BCUT2D eigenvalue weighted by Crippen LogP contribution is -1.99. The van der Waals surface area contributed by atoms with Crippen molar-refractivity contribution in [3.05, 3.63) is 77.2 Å². The first-order valence-corrected chi connectivity index (χ1v) is 7.70. The Hall–Kier alpha value is -2.59. The lowest BCUT2D eigenvalue weighted by atomic mass is 10.1. The average Bonchev–Trinajstić information content (AvgIpc) is 3.04. The molecule has 3 aromatic rings. The van der Waals surface area contributed by atoms with Crippen molar-refractivity contribution in [3.63, 3.8) is 0 Å². The minimum Gasteiger partial charge on any atom is -0.488 e. The fourth-order valence-electron chi connectivity index (χ4n) is 2.20. The molecule has 3 nitrogen and oxygen atoms in total. The summed E-state index contributed by atoms with van der Waals surface area (Å²) in [6.45, 7) is 0.450. The quantitative estimate of drug-likeness (QED) is 0.743. The molecule has 0 fully saturated rings. The SMILES string of the molecule is O=C(O)c1ccsc1-c1ccccc1OCc1ccccc1. The number of carboxylic acid groups (broad SMARTS) is 1. The van der Waals surface area contributed by atoms with Gasteiger partial charge in [-0.3, -0.25) is 0 Å². The van der Waals surface area contributed by atoms with Gasteiger partial charge in [0.05, 0.1) is 10.4 Å². The lowest BCUT2D eigenvalue weighted by molar-refractivity contribution is 0.0698. The van der Waals surface area contributed by atoms with Crippen LogP contribution in [-0.2, 0) is 6.61 Å². The fraction of sp³-hybridized carbons (Fsp3) is 0.0556. The number of carbonyl (C=O) groups is 1. The van der Waals surface area contributed by atoms with Crippen LogP contribution in [0.15, 0.2) is 66.0 Å². The second-order valence-electron chi connectivity index (χ2n) is 4.74. The predicted octanol–water partition coefficient (Wildman–Crippen LogP) is 4.69. The van der Waals surface area contributed by atoms with E-state index in [0.29, 0.717) is 17.9 Å². The number of rotatable bonds is 5. The number of hydrogen-bond donors (Lipinski definition) is 1. The van der Waals surface area contributed by atoms with E-state index < -0.39 is 5.97 Å². The molecule has 22 heavy (non-hydrogen) atoms. The molecule has 0 aliphatic carbocycles.